The molecule has 11 heteroatoms. The van der Waals surface area contributed by atoms with Crippen LogP contribution in [0.2, 0.25) is 0 Å². The predicted molar refractivity (Wildman–Crippen MR) is 81.8 cm³/mol. The van der Waals surface area contributed by atoms with Crippen LogP contribution in [0.1, 0.15) is 16.1 Å². The summed E-state index contributed by atoms with van der Waals surface area (Å²) in [6, 6.07) is 4.69. The summed E-state index contributed by atoms with van der Waals surface area (Å²) in [7, 11) is 1.38. The van der Waals surface area contributed by atoms with Gasteiger partial charge in [-0.1, -0.05) is 17.3 Å². The van der Waals surface area contributed by atoms with E-state index in [-0.39, 0.29) is 24.5 Å². The van der Waals surface area contributed by atoms with Crippen molar-refractivity contribution in [2.75, 3.05) is 26.8 Å². The molecule has 8 nitrogen and oxygen atoms in total. The Balaban J connectivity index is 2.32. The van der Waals surface area contributed by atoms with Crippen molar-refractivity contribution >= 4 is 11.9 Å². The smallest absolute Gasteiger partial charge is 0.418 e. The number of aliphatic carboxylic acids is 1. The molecule has 0 radical (unpaired) electrons. The van der Waals surface area contributed by atoms with Crippen molar-refractivity contribution in [1.82, 2.24) is 19.9 Å². The number of rotatable bonds is 7. The number of carboxylic acid groups (broad SMARTS) is 1. The number of halogens is 3. The standard InChI is InChI=1S/C15H15F3N4O4/c1-26-7-6-21(9-13(23)24)14(25)11-8-22(20-19-11)12-5-3-2-4-10(12)15(16,17)18/h2-5,8H,6-7,9H2,1H3,(H,23,24). The summed E-state index contributed by atoms with van der Waals surface area (Å²) in [4.78, 5) is 24.2. The molecule has 0 aliphatic heterocycles. The number of ether oxygens (including phenoxy) is 1. The fraction of sp³-hybridized carbons (Fsp3) is 0.333. The molecule has 0 bridgehead atoms. The summed E-state index contributed by atoms with van der Waals surface area (Å²) < 4.78 is 44.9. The van der Waals surface area contributed by atoms with Gasteiger partial charge in [-0.25, -0.2) is 4.68 Å². The van der Waals surface area contributed by atoms with E-state index in [1.807, 2.05) is 0 Å². The third-order valence-corrected chi connectivity index (χ3v) is 3.35. The Morgan fingerprint density at radius 3 is 2.62 bits per heavy atom. The Kier molecular flexibility index (Phi) is 5.93. The Morgan fingerprint density at radius 1 is 1.31 bits per heavy atom. The molecule has 0 fully saturated rings. The second kappa shape index (κ2) is 7.95. The number of carboxylic acids is 1. The van der Waals surface area contributed by atoms with E-state index < -0.39 is 30.2 Å². The molecule has 0 unspecified atom stereocenters. The molecule has 1 aromatic carbocycles. The lowest BCUT2D eigenvalue weighted by Crippen LogP contribution is -2.38. The number of benzene rings is 1. The molecule has 1 N–H and O–H groups in total. The van der Waals surface area contributed by atoms with Crippen molar-refractivity contribution in [3.63, 3.8) is 0 Å². The van der Waals surface area contributed by atoms with E-state index >= 15 is 0 Å². The normalized spacial score (nSPS) is 11.4. The molecule has 1 aromatic heterocycles. The minimum atomic E-state index is -4.61. The van der Waals surface area contributed by atoms with Gasteiger partial charge in [-0.05, 0) is 12.1 Å². The van der Waals surface area contributed by atoms with Crippen LogP contribution in [0.3, 0.4) is 0 Å². The van der Waals surface area contributed by atoms with Crippen molar-refractivity contribution < 1.29 is 32.6 Å². The average Bonchev–Trinajstić information content (AvgIpc) is 3.07. The molecule has 0 spiro atoms. The molecule has 1 heterocycles. The van der Waals surface area contributed by atoms with Crippen molar-refractivity contribution in [2.45, 2.75) is 6.18 Å². The van der Waals surface area contributed by atoms with Crippen LogP contribution in [-0.4, -0.2) is 63.7 Å². The number of alkyl halides is 3. The van der Waals surface area contributed by atoms with Gasteiger partial charge in [0.1, 0.15) is 6.54 Å². The maximum absolute atomic E-state index is 13.1. The molecule has 2 aromatic rings. The highest BCUT2D eigenvalue weighted by atomic mass is 19.4. The molecule has 0 aliphatic rings. The lowest BCUT2D eigenvalue weighted by molar-refractivity contribution is -0.138. The van der Waals surface area contributed by atoms with Crippen molar-refractivity contribution in [1.29, 1.82) is 0 Å². The van der Waals surface area contributed by atoms with Gasteiger partial charge in [0.05, 0.1) is 24.1 Å². The Labute approximate surface area is 145 Å². The van der Waals surface area contributed by atoms with Gasteiger partial charge in [-0.2, -0.15) is 13.2 Å². The molecule has 0 atom stereocenters. The van der Waals surface area contributed by atoms with E-state index in [9.17, 15) is 22.8 Å². The highest BCUT2D eigenvalue weighted by molar-refractivity contribution is 5.93. The van der Waals surface area contributed by atoms with Crippen LogP contribution in [0.4, 0.5) is 13.2 Å². The number of hydrogen-bond acceptors (Lipinski definition) is 5. The average molecular weight is 372 g/mol. The maximum atomic E-state index is 13.1. The summed E-state index contributed by atoms with van der Waals surface area (Å²) >= 11 is 0. The molecule has 0 saturated heterocycles. The summed E-state index contributed by atoms with van der Waals surface area (Å²) in [6.07, 6.45) is -3.59. The van der Waals surface area contributed by atoms with Gasteiger partial charge in [0.15, 0.2) is 5.69 Å². The number of aromatic nitrogens is 3. The van der Waals surface area contributed by atoms with Gasteiger partial charge in [0.2, 0.25) is 0 Å². The number of carbonyl (C=O) groups is 2. The second-order valence-electron chi connectivity index (χ2n) is 5.18. The van der Waals surface area contributed by atoms with Crippen LogP contribution in [0.5, 0.6) is 0 Å². The van der Waals surface area contributed by atoms with Crippen LogP contribution >= 0.6 is 0 Å². The highest BCUT2D eigenvalue weighted by Crippen LogP contribution is 2.33. The van der Waals surface area contributed by atoms with Crippen molar-refractivity contribution in [2.24, 2.45) is 0 Å². The van der Waals surface area contributed by atoms with Crippen LogP contribution in [0, 0.1) is 0 Å². The van der Waals surface area contributed by atoms with E-state index in [1.54, 1.807) is 0 Å². The largest absolute Gasteiger partial charge is 0.480 e. The SMILES string of the molecule is COCCN(CC(=O)O)C(=O)c1cn(-c2ccccc2C(F)(F)F)nn1. The lowest BCUT2D eigenvalue weighted by atomic mass is 10.1. The number of nitrogens with zero attached hydrogens (tertiary/aromatic N) is 4. The number of hydrogen-bond donors (Lipinski definition) is 1. The van der Waals surface area contributed by atoms with Gasteiger partial charge >= 0.3 is 12.1 Å². The molecule has 140 valence electrons. The molecule has 26 heavy (non-hydrogen) atoms. The zero-order valence-electron chi connectivity index (χ0n) is 13.6. The number of methoxy groups -OCH3 is 1. The summed E-state index contributed by atoms with van der Waals surface area (Å²) in [5.74, 6) is -2.02. The third-order valence-electron chi connectivity index (χ3n) is 3.35. The van der Waals surface area contributed by atoms with Gasteiger partial charge in [-0.3, -0.25) is 9.59 Å². The first-order chi connectivity index (χ1) is 12.2. The van der Waals surface area contributed by atoms with Gasteiger partial charge < -0.3 is 14.7 Å². The van der Waals surface area contributed by atoms with Crippen LogP contribution in [0.25, 0.3) is 5.69 Å². The van der Waals surface area contributed by atoms with Crippen molar-refractivity contribution in [3.05, 3.63) is 41.7 Å². The molecule has 2 rings (SSSR count). The summed E-state index contributed by atoms with van der Waals surface area (Å²) in [5, 5.41) is 16.0. The van der Waals surface area contributed by atoms with Crippen LogP contribution < -0.4 is 0 Å². The fourth-order valence-electron chi connectivity index (χ4n) is 2.17. The molecular weight excluding hydrogens is 357 g/mol. The van der Waals surface area contributed by atoms with Crippen molar-refractivity contribution in [3.8, 4) is 5.69 Å². The van der Waals surface area contributed by atoms with E-state index in [0.29, 0.717) is 0 Å². The second-order valence-corrected chi connectivity index (χ2v) is 5.18. The van der Waals surface area contributed by atoms with Gasteiger partial charge in [0, 0.05) is 13.7 Å². The first kappa shape index (κ1) is 19.4. The van der Waals surface area contributed by atoms with E-state index in [0.717, 1.165) is 21.8 Å². The van der Waals surface area contributed by atoms with E-state index in [2.05, 4.69) is 10.3 Å². The van der Waals surface area contributed by atoms with E-state index in [1.165, 1.54) is 25.3 Å². The van der Waals surface area contributed by atoms with E-state index in [4.69, 9.17) is 9.84 Å². The molecular formula is C15H15F3N4O4. The number of carbonyl (C=O) groups excluding carboxylic acids is 1. The summed E-state index contributed by atoms with van der Waals surface area (Å²) in [5.41, 5.74) is -1.52. The third kappa shape index (κ3) is 4.57. The minimum Gasteiger partial charge on any atom is -0.480 e. The van der Waals surface area contributed by atoms with Crippen LogP contribution in [-0.2, 0) is 15.7 Å². The topological polar surface area (TPSA) is 97.6 Å². The lowest BCUT2D eigenvalue weighted by Gasteiger charge is -2.18. The minimum absolute atomic E-state index is 0.0202. The quantitative estimate of drug-likeness (QED) is 0.790. The first-order valence-corrected chi connectivity index (χ1v) is 7.33. The highest BCUT2D eigenvalue weighted by Gasteiger charge is 2.34. The molecule has 0 aliphatic carbocycles. The zero-order chi connectivity index (χ0) is 19.3. The predicted octanol–water partition coefficient (Wildman–Crippen LogP) is 1.46. The zero-order valence-corrected chi connectivity index (χ0v) is 13.6. The van der Waals surface area contributed by atoms with Crippen LogP contribution in [0.15, 0.2) is 30.5 Å². The van der Waals surface area contributed by atoms with Gasteiger partial charge in [-0.15, -0.1) is 5.10 Å². The Morgan fingerprint density at radius 2 is 2.00 bits per heavy atom. The number of para-hydroxylation sites is 1. The number of amides is 1. The fourth-order valence-corrected chi connectivity index (χ4v) is 2.17. The Hall–Kier alpha value is -2.95. The maximum Gasteiger partial charge on any atom is 0.418 e. The monoisotopic (exact) mass is 372 g/mol. The molecule has 1 amide bonds. The Bertz CT molecular complexity index is 791. The molecule has 0 saturated carbocycles. The summed E-state index contributed by atoms with van der Waals surface area (Å²) in [6.45, 7) is -0.536. The first-order valence-electron chi connectivity index (χ1n) is 7.33. The van der Waals surface area contributed by atoms with Gasteiger partial charge in [0.25, 0.3) is 5.91 Å².